The minimum absolute atomic E-state index is 0.211. The lowest BCUT2D eigenvalue weighted by Gasteiger charge is -2.41. The summed E-state index contributed by atoms with van der Waals surface area (Å²) in [6.07, 6.45) is 6.04. The van der Waals surface area contributed by atoms with Crippen LogP contribution < -0.4 is 0 Å². The lowest BCUT2D eigenvalue weighted by Crippen LogP contribution is -2.42. The van der Waals surface area contributed by atoms with Crippen LogP contribution in [-0.2, 0) is 18.7 Å². The molecule has 2 aromatic rings. The van der Waals surface area contributed by atoms with E-state index in [0.717, 1.165) is 51.0 Å². The lowest BCUT2D eigenvalue weighted by atomic mass is 9.67. The molecular formula is C22H30FN3O. The maximum atomic E-state index is 13.3. The van der Waals surface area contributed by atoms with Gasteiger partial charge in [-0.15, -0.1) is 0 Å². The first kappa shape index (κ1) is 18.6. The van der Waals surface area contributed by atoms with Crippen LogP contribution in [0.4, 0.5) is 4.39 Å². The van der Waals surface area contributed by atoms with Gasteiger partial charge in [0.15, 0.2) is 0 Å². The summed E-state index contributed by atoms with van der Waals surface area (Å²) < 4.78 is 15.4. The van der Waals surface area contributed by atoms with Crippen LogP contribution in [0.2, 0.25) is 0 Å². The SMILES string of the molecule is CCCn1ncc(CN2C[C@@H]3CCC[C@@](O)(c4ccc(F)cc4)[C@H]3C2)c1C. The largest absolute Gasteiger partial charge is 0.385 e. The number of hydrogen-bond donors (Lipinski definition) is 1. The van der Waals surface area contributed by atoms with Crippen molar-refractivity contribution >= 4 is 0 Å². The third-order valence-electron chi connectivity index (χ3n) is 6.64. The maximum Gasteiger partial charge on any atom is 0.123 e. The zero-order valence-electron chi connectivity index (χ0n) is 16.4. The smallest absolute Gasteiger partial charge is 0.123 e. The van der Waals surface area contributed by atoms with E-state index >= 15 is 0 Å². The number of aryl methyl sites for hydroxylation is 1. The highest BCUT2D eigenvalue weighted by molar-refractivity contribution is 5.26. The topological polar surface area (TPSA) is 41.3 Å². The number of hydrogen-bond acceptors (Lipinski definition) is 3. The van der Waals surface area contributed by atoms with Gasteiger partial charge in [0, 0.05) is 43.4 Å². The fraction of sp³-hybridized carbons (Fsp3) is 0.591. The Morgan fingerprint density at radius 2 is 2.04 bits per heavy atom. The molecule has 1 aromatic heterocycles. The molecule has 4 rings (SSSR count). The van der Waals surface area contributed by atoms with E-state index in [0.29, 0.717) is 5.92 Å². The summed E-state index contributed by atoms with van der Waals surface area (Å²) in [6.45, 7) is 8.07. The molecule has 1 aromatic carbocycles. The predicted octanol–water partition coefficient (Wildman–Crippen LogP) is 3.86. The Hall–Kier alpha value is -1.72. The lowest BCUT2D eigenvalue weighted by molar-refractivity contribution is -0.0648. The number of fused-ring (bicyclic) bond motifs is 1. The Morgan fingerprint density at radius 1 is 1.26 bits per heavy atom. The van der Waals surface area contributed by atoms with Crippen LogP contribution in [0.3, 0.4) is 0 Å². The number of aliphatic hydroxyl groups is 1. The van der Waals surface area contributed by atoms with Crippen molar-refractivity contribution in [1.29, 1.82) is 0 Å². The number of halogens is 1. The first-order chi connectivity index (χ1) is 13.0. The Kier molecular flexibility index (Phi) is 5.08. The van der Waals surface area contributed by atoms with Crippen molar-refractivity contribution < 1.29 is 9.50 Å². The van der Waals surface area contributed by atoms with Crippen LogP contribution in [0.5, 0.6) is 0 Å². The van der Waals surface area contributed by atoms with Gasteiger partial charge in [-0.05, 0) is 56.2 Å². The van der Waals surface area contributed by atoms with E-state index in [1.165, 1.54) is 29.8 Å². The number of likely N-dealkylation sites (tertiary alicyclic amines) is 1. The fourth-order valence-electron chi connectivity index (χ4n) is 5.16. The molecule has 1 aliphatic carbocycles. The molecule has 2 fully saturated rings. The van der Waals surface area contributed by atoms with Crippen LogP contribution in [0.1, 0.15) is 49.4 Å². The highest BCUT2D eigenvalue weighted by Gasteiger charge is 2.49. The van der Waals surface area contributed by atoms with Crippen molar-refractivity contribution in [3.05, 3.63) is 53.1 Å². The van der Waals surface area contributed by atoms with E-state index in [9.17, 15) is 9.50 Å². The molecule has 1 N–H and O–H groups in total. The molecule has 3 atom stereocenters. The summed E-state index contributed by atoms with van der Waals surface area (Å²) >= 11 is 0. The summed E-state index contributed by atoms with van der Waals surface area (Å²) in [5.74, 6) is 0.463. The molecule has 1 aliphatic heterocycles. The number of rotatable bonds is 5. The van der Waals surface area contributed by atoms with Gasteiger partial charge in [0.25, 0.3) is 0 Å². The second-order valence-corrected chi connectivity index (χ2v) is 8.36. The monoisotopic (exact) mass is 371 g/mol. The van der Waals surface area contributed by atoms with Crippen molar-refractivity contribution in [2.75, 3.05) is 13.1 Å². The Labute approximate surface area is 161 Å². The third kappa shape index (κ3) is 3.43. The van der Waals surface area contributed by atoms with Crippen molar-refractivity contribution in [3.63, 3.8) is 0 Å². The maximum absolute atomic E-state index is 13.3. The Morgan fingerprint density at radius 3 is 2.78 bits per heavy atom. The van der Waals surface area contributed by atoms with Gasteiger partial charge in [-0.3, -0.25) is 9.58 Å². The van der Waals surface area contributed by atoms with E-state index < -0.39 is 5.60 Å². The molecular weight excluding hydrogens is 341 g/mol. The molecule has 0 radical (unpaired) electrons. The van der Waals surface area contributed by atoms with E-state index in [-0.39, 0.29) is 11.7 Å². The molecule has 1 saturated heterocycles. The number of benzene rings is 1. The van der Waals surface area contributed by atoms with Gasteiger partial charge in [0.05, 0.1) is 11.8 Å². The zero-order valence-corrected chi connectivity index (χ0v) is 16.4. The van der Waals surface area contributed by atoms with Crippen LogP contribution in [0.15, 0.2) is 30.5 Å². The first-order valence-corrected chi connectivity index (χ1v) is 10.2. The highest BCUT2D eigenvalue weighted by atomic mass is 19.1. The van der Waals surface area contributed by atoms with Gasteiger partial charge >= 0.3 is 0 Å². The van der Waals surface area contributed by atoms with Crippen LogP contribution in [-0.4, -0.2) is 32.9 Å². The second kappa shape index (κ2) is 7.36. The van der Waals surface area contributed by atoms with E-state index in [2.05, 4.69) is 28.5 Å². The number of aromatic nitrogens is 2. The summed E-state index contributed by atoms with van der Waals surface area (Å²) in [5.41, 5.74) is 2.56. The summed E-state index contributed by atoms with van der Waals surface area (Å²) in [7, 11) is 0. The van der Waals surface area contributed by atoms with Gasteiger partial charge in [-0.1, -0.05) is 19.1 Å². The average molecular weight is 372 g/mol. The molecule has 4 nitrogen and oxygen atoms in total. The summed E-state index contributed by atoms with van der Waals surface area (Å²) in [5, 5.41) is 16.1. The molecule has 5 heteroatoms. The van der Waals surface area contributed by atoms with E-state index in [1.807, 2.05) is 6.20 Å². The standard InChI is InChI=1S/C22H30FN3O/c1-3-11-26-16(2)18(12-24-26)14-25-13-17-5-4-10-22(27,21(17)15-25)19-6-8-20(23)9-7-19/h6-9,12,17,21,27H,3-5,10-11,13-15H2,1-2H3/t17-,21-,22+/m0/s1. The molecule has 0 bridgehead atoms. The van der Waals surface area contributed by atoms with Crippen LogP contribution in [0, 0.1) is 24.6 Å². The van der Waals surface area contributed by atoms with Crippen molar-refractivity contribution in [2.24, 2.45) is 11.8 Å². The predicted molar refractivity (Wildman–Crippen MR) is 104 cm³/mol. The van der Waals surface area contributed by atoms with Crippen molar-refractivity contribution in [2.45, 2.75) is 58.2 Å². The van der Waals surface area contributed by atoms with E-state index in [4.69, 9.17) is 0 Å². The van der Waals surface area contributed by atoms with Gasteiger partial charge < -0.3 is 5.11 Å². The molecule has 0 spiro atoms. The van der Waals surface area contributed by atoms with Gasteiger partial charge in [0.1, 0.15) is 5.82 Å². The van der Waals surface area contributed by atoms with Crippen LogP contribution >= 0.6 is 0 Å². The highest BCUT2D eigenvalue weighted by Crippen LogP contribution is 2.48. The van der Waals surface area contributed by atoms with Gasteiger partial charge in [-0.2, -0.15) is 5.10 Å². The Bertz CT molecular complexity index is 787. The summed E-state index contributed by atoms with van der Waals surface area (Å²) in [6, 6.07) is 6.46. The van der Waals surface area contributed by atoms with E-state index in [1.54, 1.807) is 12.1 Å². The minimum Gasteiger partial charge on any atom is -0.385 e. The van der Waals surface area contributed by atoms with Gasteiger partial charge in [-0.25, -0.2) is 4.39 Å². The minimum atomic E-state index is -0.840. The molecule has 0 unspecified atom stereocenters. The zero-order chi connectivity index (χ0) is 19.0. The summed E-state index contributed by atoms with van der Waals surface area (Å²) in [4.78, 5) is 2.47. The van der Waals surface area contributed by atoms with Crippen LogP contribution in [0.25, 0.3) is 0 Å². The normalized spacial score (nSPS) is 28.4. The third-order valence-corrected chi connectivity index (χ3v) is 6.64. The quantitative estimate of drug-likeness (QED) is 0.868. The fourth-order valence-corrected chi connectivity index (χ4v) is 5.16. The van der Waals surface area contributed by atoms with Crippen molar-refractivity contribution in [1.82, 2.24) is 14.7 Å². The first-order valence-electron chi connectivity index (χ1n) is 10.2. The molecule has 0 amide bonds. The molecule has 2 aliphatic rings. The molecule has 146 valence electrons. The number of nitrogens with zero attached hydrogens (tertiary/aromatic N) is 3. The molecule has 2 heterocycles. The van der Waals surface area contributed by atoms with Gasteiger partial charge in [0.2, 0.25) is 0 Å². The van der Waals surface area contributed by atoms with Crippen molar-refractivity contribution in [3.8, 4) is 0 Å². The molecule has 27 heavy (non-hydrogen) atoms. The Balaban J connectivity index is 1.51. The second-order valence-electron chi connectivity index (χ2n) is 8.36. The molecule has 1 saturated carbocycles. The average Bonchev–Trinajstić information content (AvgIpc) is 3.22.